The van der Waals surface area contributed by atoms with E-state index < -0.39 is 0 Å². The second kappa shape index (κ2) is 4.53. The zero-order valence-corrected chi connectivity index (χ0v) is 7.39. The average Bonchev–Trinajstić information content (AvgIpc) is 2.09. The van der Waals surface area contributed by atoms with Crippen LogP contribution in [-0.2, 0) is 0 Å². The second-order valence-corrected chi connectivity index (χ2v) is 2.52. The number of pyridine rings is 1. The first-order chi connectivity index (χ1) is 5.83. The molecular formula is C10H12N2. The summed E-state index contributed by atoms with van der Waals surface area (Å²) in [5.41, 5.74) is 1.99. The summed E-state index contributed by atoms with van der Waals surface area (Å²) in [5, 5.41) is 2.96. The first-order valence-corrected chi connectivity index (χ1v) is 3.89. The normalized spacial score (nSPS) is 8.83. The van der Waals surface area contributed by atoms with Crippen molar-refractivity contribution in [3.63, 3.8) is 0 Å². The molecule has 0 aliphatic heterocycles. The molecule has 2 nitrogen and oxygen atoms in total. The Morgan fingerprint density at radius 3 is 2.92 bits per heavy atom. The third-order valence-corrected chi connectivity index (χ3v) is 1.41. The number of hydrogen-bond donors (Lipinski definition) is 1. The maximum Gasteiger partial charge on any atom is 0.0577 e. The van der Waals surface area contributed by atoms with E-state index in [1.54, 1.807) is 6.20 Å². The number of hydrogen-bond acceptors (Lipinski definition) is 2. The van der Waals surface area contributed by atoms with Gasteiger partial charge >= 0.3 is 0 Å². The molecule has 1 aromatic heterocycles. The summed E-state index contributed by atoms with van der Waals surface area (Å²) in [6.07, 6.45) is 1.79. The average molecular weight is 160 g/mol. The fraction of sp³-hybridized carbons (Fsp3) is 0.300. The Kier molecular flexibility index (Phi) is 3.31. The minimum Gasteiger partial charge on any atom is -0.309 e. The minimum atomic E-state index is 0.716. The molecule has 1 N–H and O–H groups in total. The molecule has 12 heavy (non-hydrogen) atoms. The third-order valence-electron chi connectivity index (χ3n) is 1.41. The molecular weight excluding hydrogens is 148 g/mol. The van der Waals surface area contributed by atoms with Gasteiger partial charge in [0.05, 0.1) is 6.54 Å². The fourth-order valence-corrected chi connectivity index (χ4v) is 0.776. The largest absolute Gasteiger partial charge is 0.309 e. The van der Waals surface area contributed by atoms with Crippen LogP contribution in [0.3, 0.4) is 0 Å². The summed E-state index contributed by atoms with van der Waals surface area (Å²) >= 11 is 0. The molecule has 0 amide bonds. The Balaban J connectivity index is 2.66. The highest BCUT2D eigenvalue weighted by Crippen LogP contribution is 1.95. The molecule has 0 spiro atoms. The molecule has 0 aliphatic carbocycles. The molecule has 1 heterocycles. The molecule has 62 valence electrons. The summed E-state index contributed by atoms with van der Waals surface area (Å²) in [5.74, 6) is 5.97. The highest BCUT2D eigenvalue weighted by Gasteiger charge is 1.85. The van der Waals surface area contributed by atoms with Gasteiger partial charge in [0.15, 0.2) is 0 Å². The lowest BCUT2D eigenvalue weighted by Gasteiger charge is -1.90. The predicted molar refractivity (Wildman–Crippen MR) is 49.8 cm³/mol. The lowest BCUT2D eigenvalue weighted by molar-refractivity contribution is 0.938. The Labute approximate surface area is 73.0 Å². The lowest BCUT2D eigenvalue weighted by Crippen LogP contribution is -2.04. The molecule has 0 bridgehead atoms. The van der Waals surface area contributed by atoms with Crippen molar-refractivity contribution < 1.29 is 0 Å². The first kappa shape index (κ1) is 8.76. The van der Waals surface area contributed by atoms with E-state index in [1.807, 2.05) is 26.1 Å². The van der Waals surface area contributed by atoms with Crippen LogP contribution in [-0.4, -0.2) is 18.6 Å². The van der Waals surface area contributed by atoms with Crippen LogP contribution in [0.2, 0.25) is 0 Å². The van der Waals surface area contributed by atoms with Gasteiger partial charge in [0.25, 0.3) is 0 Å². The van der Waals surface area contributed by atoms with Crippen LogP contribution in [0.4, 0.5) is 0 Å². The zero-order valence-electron chi connectivity index (χ0n) is 7.39. The van der Waals surface area contributed by atoms with E-state index in [-0.39, 0.29) is 0 Å². The molecule has 0 aliphatic rings. The van der Waals surface area contributed by atoms with Crippen LogP contribution >= 0.6 is 0 Å². The number of rotatable bonds is 1. The third kappa shape index (κ3) is 2.73. The van der Waals surface area contributed by atoms with Crippen molar-refractivity contribution in [2.75, 3.05) is 13.6 Å². The fourth-order valence-electron chi connectivity index (χ4n) is 0.776. The van der Waals surface area contributed by atoms with E-state index >= 15 is 0 Å². The Morgan fingerprint density at radius 2 is 2.33 bits per heavy atom. The standard InChI is InChI=1S/C10H12N2/c1-9-5-6-10(8-12-9)4-3-7-11-2/h5-6,8,11H,7H2,1-2H3. The van der Waals surface area contributed by atoms with Gasteiger partial charge in [-0.05, 0) is 26.1 Å². The van der Waals surface area contributed by atoms with Gasteiger partial charge in [-0.15, -0.1) is 0 Å². The summed E-state index contributed by atoms with van der Waals surface area (Å²) in [7, 11) is 1.88. The lowest BCUT2D eigenvalue weighted by atomic mass is 10.2. The molecule has 0 saturated heterocycles. The monoisotopic (exact) mass is 160 g/mol. The van der Waals surface area contributed by atoms with Gasteiger partial charge in [0, 0.05) is 17.5 Å². The maximum atomic E-state index is 4.13. The van der Waals surface area contributed by atoms with Gasteiger partial charge in [0.2, 0.25) is 0 Å². The van der Waals surface area contributed by atoms with E-state index in [0.29, 0.717) is 6.54 Å². The van der Waals surface area contributed by atoms with Crippen LogP contribution in [0.15, 0.2) is 18.3 Å². The van der Waals surface area contributed by atoms with Crippen LogP contribution < -0.4 is 5.32 Å². The second-order valence-electron chi connectivity index (χ2n) is 2.52. The van der Waals surface area contributed by atoms with Crippen molar-refractivity contribution in [3.8, 4) is 11.8 Å². The van der Waals surface area contributed by atoms with Gasteiger partial charge in [-0.25, -0.2) is 0 Å². The summed E-state index contributed by atoms with van der Waals surface area (Å²) in [6, 6.07) is 3.94. The van der Waals surface area contributed by atoms with Gasteiger partial charge < -0.3 is 5.32 Å². The van der Waals surface area contributed by atoms with Crippen molar-refractivity contribution in [2.24, 2.45) is 0 Å². The van der Waals surface area contributed by atoms with Crippen LogP contribution in [0.25, 0.3) is 0 Å². The molecule has 1 aromatic rings. The molecule has 0 saturated carbocycles. The Hall–Kier alpha value is -1.33. The molecule has 0 unspecified atom stereocenters. The Bertz CT molecular complexity index is 290. The van der Waals surface area contributed by atoms with Crippen LogP contribution in [0.1, 0.15) is 11.3 Å². The SMILES string of the molecule is CNCC#Cc1ccc(C)nc1. The zero-order chi connectivity index (χ0) is 8.81. The van der Waals surface area contributed by atoms with Gasteiger partial charge in [-0.1, -0.05) is 11.8 Å². The van der Waals surface area contributed by atoms with Gasteiger partial charge in [0.1, 0.15) is 0 Å². The highest BCUT2D eigenvalue weighted by atomic mass is 14.8. The highest BCUT2D eigenvalue weighted by molar-refractivity contribution is 5.32. The minimum absolute atomic E-state index is 0.716. The van der Waals surface area contributed by atoms with E-state index in [4.69, 9.17) is 0 Å². The number of nitrogens with one attached hydrogen (secondary N) is 1. The molecule has 0 atom stereocenters. The number of aromatic nitrogens is 1. The summed E-state index contributed by atoms with van der Waals surface area (Å²) in [6.45, 7) is 2.68. The number of nitrogens with zero attached hydrogens (tertiary/aromatic N) is 1. The smallest absolute Gasteiger partial charge is 0.0577 e. The topological polar surface area (TPSA) is 24.9 Å². The van der Waals surface area contributed by atoms with Crippen molar-refractivity contribution in [1.82, 2.24) is 10.3 Å². The quantitative estimate of drug-likeness (QED) is 0.619. The van der Waals surface area contributed by atoms with Crippen LogP contribution in [0, 0.1) is 18.8 Å². The number of aryl methyl sites for hydroxylation is 1. The van der Waals surface area contributed by atoms with E-state index in [0.717, 1.165) is 11.3 Å². The molecule has 1 rings (SSSR count). The maximum absolute atomic E-state index is 4.13. The van der Waals surface area contributed by atoms with Crippen LogP contribution in [0.5, 0.6) is 0 Å². The van der Waals surface area contributed by atoms with Crippen molar-refractivity contribution in [2.45, 2.75) is 6.92 Å². The van der Waals surface area contributed by atoms with E-state index in [9.17, 15) is 0 Å². The van der Waals surface area contributed by atoms with Crippen molar-refractivity contribution in [1.29, 1.82) is 0 Å². The van der Waals surface area contributed by atoms with E-state index in [1.165, 1.54) is 0 Å². The molecule has 0 fully saturated rings. The molecule has 0 aromatic carbocycles. The Morgan fingerprint density at radius 1 is 1.50 bits per heavy atom. The van der Waals surface area contributed by atoms with E-state index in [2.05, 4.69) is 22.1 Å². The van der Waals surface area contributed by atoms with Gasteiger partial charge in [-0.2, -0.15) is 0 Å². The molecule has 2 heteroatoms. The summed E-state index contributed by atoms with van der Waals surface area (Å²) < 4.78 is 0. The predicted octanol–water partition coefficient (Wildman–Crippen LogP) is 0.961. The van der Waals surface area contributed by atoms with Crippen molar-refractivity contribution >= 4 is 0 Å². The summed E-state index contributed by atoms with van der Waals surface area (Å²) in [4.78, 5) is 4.13. The van der Waals surface area contributed by atoms with Gasteiger partial charge in [-0.3, -0.25) is 4.98 Å². The molecule has 0 radical (unpaired) electrons. The van der Waals surface area contributed by atoms with Crippen molar-refractivity contribution in [3.05, 3.63) is 29.6 Å². The first-order valence-electron chi connectivity index (χ1n) is 3.89.